The molecule has 1 aromatic carbocycles. The molecule has 1 saturated heterocycles. The maximum atomic E-state index is 14.0. The van der Waals surface area contributed by atoms with Crippen LogP contribution in [0.2, 0.25) is 0 Å². The zero-order valence-corrected chi connectivity index (χ0v) is 20.8. The molecule has 3 aromatic rings. The Bertz CT molecular complexity index is 1260. The van der Waals surface area contributed by atoms with Crippen molar-refractivity contribution in [2.75, 3.05) is 18.0 Å². The summed E-state index contributed by atoms with van der Waals surface area (Å²) in [6.07, 6.45) is 5.24. The maximum Gasteiger partial charge on any atom is 0.410 e. The van der Waals surface area contributed by atoms with E-state index in [1.807, 2.05) is 33.9 Å². The van der Waals surface area contributed by atoms with E-state index in [0.717, 1.165) is 35.7 Å². The van der Waals surface area contributed by atoms with Gasteiger partial charge in [-0.1, -0.05) is 0 Å². The van der Waals surface area contributed by atoms with Gasteiger partial charge in [0.1, 0.15) is 35.0 Å². The third-order valence-corrected chi connectivity index (χ3v) is 6.62. The van der Waals surface area contributed by atoms with Crippen LogP contribution in [0.5, 0.6) is 0 Å². The topological polar surface area (TPSA) is 63.5 Å². The molecule has 5 rings (SSSR count). The summed E-state index contributed by atoms with van der Waals surface area (Å²) in [6, 6.07) is 3.38. The van der Waals surface area contributed by atoms with Gasteiger partial charge in [0.05, 0.1) is 11.1 Å². The van der Waals surface area contributed by atoms with Crippen LogP contribution in [0.15, 0.2) is 30.7 Å². The van der Waals surface area contributed by atoms with Gasteiger partial charge in [0.25, 0.3) is 0 Å². The van der Waals surface area contributed by atoms with Gasteiger partial charge in [-0.05, 0) is 71.1 Å². The van der Waals surface area contributed by atoms with Crippen LogP contribution in [0.4, 0.5) is 19.4 Å². The highest BCUT2D eigenvalue weighted by Gasteiger charge is 2.37. The first-order valence-electron chi connectivity index (χ1n) is 12.1. The third kappa shape index (κ3) is 4.56. The fourth-order valence-corrected chi connectivity index (χ4v) is 4.87. The van der Waals surface area contributed by atoms with Crippen LogP contribution < -0.4 is 4.90 Å². The highest BCUT2D eigenvalue weighted by atomic mass is 19.1. The van der Waals surface area contributed by atoms with E-state index in [-0.39, 0.29) is 18.2 Å². The molecule has 2 aliphatic rings. The van der Waals surface area contributed by atoms with Crippen molar-refractivity contribution in [2.45, 2.75) is 71.1 Å². The van der Waals surface area contributed by atoms with Crippen molar-refractivity contribution < 1.29 is 18.3 Å². The third-order valence-electron chi connectivity index (χ3n) is 6.62. The van der Waals surface area contributed by atoms with Crippen molar-refractivity contribution >= 4 is 22.9 Å². The van der Waals surface area contributed by atoms with Crippen LogP contribution in [0.3, 0.4) is 0 Å². The first-order valence-corrected chi connectivity index (χ1v) is 12.1. The van der Waals surface area contributed by atoms with Gasteiger partial charge in [-0.3, -0.25) is 0 Å². The molecule has 2 fully saturated rings. The number of rotatable bonds is 3. The Morgan fingerprint density at radius 2 is 1.71 bits per heavy atom. The minimum Gasteiger partial charge on any atom is -0.444 e. The Hall–Kier alpha value is -3.23. The fraction of sp³-hybridized carbons (Fsp3) is 0.500. The molecule has 1 aliphatic carbocycles. The van der Waals surface area contributed by atoms with E-state index < -0.39 is 17.2 Å². The molecule has 0 spiro atoms. The summed E-state index contributed by atoms with van der Waals surface area (Å²) in [5.41, 5.74) is 1.54. The number of halogens is 2. The van der Waals surface area contributed by atoms with Crippen molar-refractivity contribution in [3.63, 3.8) is 0 Å². The summed E-state index contributed by atoms with van der Waals surface area (Å²) in [4.78, 5) is 26.0. The van der Waals surface area contributed by atoms with Crippen LogP contribution in [-0.2, 0) is 4.74 Å². The van der Waals surface area contributed by atoms with Gasteiger partial charge in [-0.2, -0.15) is 0 Å². The van der Waals surface area contributed by atoms with E-state index in [1.165, 1.54) is 18.5 Å². The number of carbonyl (C=O) groups excluding carboxylic acids is 1. The Balaban J connectivity index is 1.54. The lowest BCUT2D eigenvalue weighted by Crippen LogP contribution is -2.59. The minimum absolute atomic E-state index is 0.0150. The predicted molar refractivity (Wildman–Crippen MR) is 130 cm³/mol. The van der Waals surface area contributed by atoms with E-state index in [0.29, 0.717) is 30.3 Å². The number of hydrogen-bond donors (Lipinski definition) is 0. The van der Waals surface area contributed by atoms with Gasteiger partial charge >= 0.3 is 6.09 Å². The Labute approximate surface area is 203 Å². The number of fused-ring (bicyclic) bond motifs is 1. The number of piperazine rings is 1. The highest BCUT2D eigenvalue weighted by molar-refractivity contribution is 5.93. The molecular formula is C26H31F2N5O2. The number of nitrogens with zero attached hydrogens (tertiary/aromatic N) is 5. The maximum absolute atomic E-state index is 14.0. The quantitative estimate of drug-likeness (QED) is 0.499. The average Bonchev–Trinajstić information content (AvgIpc) is 3.52. The number of amides is 1. The molecule has 3 heterocycles. The second kappa shape index (κ2) is 8.46. The molecule has 1 amide bonds. The molecule has 7 nitrogen and oxygen atoms in total. The van der Waals surface area contributed by atoms with E-state index in [4.69, 9.17) is 4.74 Å². The molecule has 1 saturated carbocycles. The number of anilines is 1. The Morgan fingerprint density at radius 1 is 1.03 bits per heavy atom. The van der Waals surface area contributed by atoms with E-state index in [9.17, 15) is 13.6 Å². The average molecular weight is 484 g/mol. The van der Waals surface area contributed by atoms with E-state index in [1.54, 1.807) is 9.47 Å². The predicted octanol–water partition coefficient (Wildman–Crippen LogP) is 5.41. The summed E-state index contributed by atoms with van der Waals surface area (Å²) in [6.45, 7) is 10.7. The second-order valence-electron chi connectivity index (χ2n) is 10.7. The van der Waals surface area contributed by atoms with Gasteiger partial charge in [-0.15, -0.1) is 0 Å². The van der Waals surface area contributed by atoms with Crippen LogP contribution in [0.25, 0.3) is 16.7 Å². The summed E-state index contributed by atoms with van der Waals surface area (Å²) < 4.78 is 35.4. The Morgan fingerprint density at radius 3 is 2.34 bits per heavy atom. The summed E-state index contributed by atoms with van der Waals surface area (Å²) in [7, 11) is 0. The van der Waals surface area contributed by atoms with Crippen molar-refractivity contribution in [1.82, 2.24) is 19.4 Å². The normalized spacial score (nSPS) is 21.0. The first kappa shape index (κ1) is 23.5. The van der Waals surface area contributed by atoms with Crippen molar-refractivity contribution in [3.05, 3.63) is 47.9 Å². The van der Waals surface area contributed by atoms with Crippen LogP contribution in [-0.4, -0.2) is 56.3 Å². The number of ether oxygens (including phenoxy) is 1. The molecule has 1 aliphatic heterocycles. The van der Waals surface area contributed by atoms with Crippen LogP contribution in [0.1, 0.15) is 58.9 Å². The summed E-state index contributed by atoms with van der Waals surface area (Å²) in [5, 5.41) is 0.907. The molecule has 0 unspecified atom stereocenters. The monoisotopic (exact) mass is 483 g/mol. The van der Waals surface area contributed by atoms with E-state index in [2.05, 4.69) is 21.8 Å². The molecule has 0 N–H and O–H groups in total. The molecular weight excluding hydrogens is 452 g/mol. The second-order valence-corrected chi connectivity index (χ2v) is 10.7. The van der Waals surface area contributed by atoms with Gasteiger partial charge in [0, 0.05) is 37.4 Å². The lowest BCUT2D eigenvalue weighted by molar-refractivity contribution is 0.0130. The SMILES string of the molecule is C[C@@H]1CN(c2ncnc3c2c(C2CC2)cn3-c2cc(F)cc(F)c2)[C@@H](C)CN1C(=O)OC(C)(C)C. The molecule has 2 atom stereocenters. The zero-order chi connectivity index (χ0) is 25.1. The number of aromatic nitrogens is 3. The fourth-order valence-electron chi connectivity index (χ4n) is 4.87. The Kier molecular flexibility index (Phi) is 5.68. The molecule has 35 heavy (non-hydrogen) atoms. The molecule has 0 bridgehead atoms. The number of hydrogen-bond acceptors (Lipinski definition) is 5. The molecule has 9 heteroatoms. The largest absolute Gasteiger partial charge is 0.444 e. The van der Waals surface area contributed by atoms with E-state index >= 15 is 0 Å². The molecule has 0 radical (unpaired) electrons. The lowest BCUT2D eigenvalue weighted by atomic mass is 10.1. The van der Waals surface area contributed by atoms with Gasteiger partial charge in [-0.25, -0.2) is 23.5 Å². The number of carbonyl (C=O) groups is 1. The lowest BCUT2D eigenvalue weighted by Gasteiger charge is -2.44. The van der Waals surface area contributed by atoms with Crippen molar-refractivity contribution in [1.29, 1.82) is 0 Å². The number of benzene rings is 1. The first-order chi connectivity index (χ1) is 16.5. The molecule has 2 aromatic heterocycles. The van der Waals surface area contributed by atoms with Crippen molar-refractivity contribution in [3.8, 4) is 5.69 Å². The van der Waals surface area contributed by atoms with Gasteiger partial charge in [0.15, 0.2) is 0 Å². The smallest absolute Gasteiger partial charge is 0.410 e. The highest BCUT2D eigenvalue weighted by Crippen LogP contribution is 2.46. The van der Waals surface area contributed by atoms with Crippen molar-refractivity contribution in [2.24, 2.45) is 0 Å². The molecule has 186 valence electrons. The summed E-state index contributed by atoms with van der Waals surface area (Å²) in [5.74, 6) is -0.108. The van der Waals surface area contributed by atoms with Gasteiger partial charge < -0.3 is 19.1 Å². The zero-order valence-electron chi connectivity index (χ0n) is 20.8. The van der Waals surface area contributed by atoms with Crippen LogP contribution in [0, 0.1) is 11.6 Å². The minimum atomic E-state index is -0.634. The van der Waals surface area contributed by atoms with Crippen LogP contribution >= 0.6 is 0 Å². The summed E-state index contributed by atoms with van der Waals surface area (Å²) >= 11 is 0. The van der Waals surface area contributed by atoms with Gasteiger partial charge in [0.2, 0.25) is 0 Å². The standard InChI is InChI=1S/C26H31F2N5O2/c1-15-12-32(25(34)35-26(3,4)5)16(2)11-31(15)23-22-21(17-6-7-17)13-33(24(22)30-14-29-23)20-9-18(27)8-19(28)10-20/h8-10,13-17H,6-7,11-12H2,1-5H3/t15-,16+/m0/s1.